The zero-order valence-electron chi connectivity index (χ0n) is 8.69. The SMILES string of the molecule is CCOC(=O)C1=NC(OCC)NN=C1N. The Bertz CT molecular complexity index is 300. The van der Waals surface area contributed by atoms with Crippen molar-refractivity contribution in [3.05, 3.63) is 0 Å². The first kappa shape index (κ1) is 11.4. The fourth-order valence-electron chi connectivity index (χ4n) is 0.979. The van der Waals surface area contributed by atoms with E-state index in [-0.39, 0.29) is 18.2 Å². The van der Waals surface area contributed by atoms with E-state index in [0.29, 0.717) is 6.61 Å². The van der Waals surface area contributed by atoms with Crippen molar-refractivity contribution in [2.24, 2.45) is 15.8 Å². The minimum Gasteiger partial charge on any atom is -0.461 e. The van der Waals surface area contributed by atoms with E-state index in [9.17, 15) is 4.79 Å². The number of esters is 1. The molecule has 7 nitrogen and oxygen atoms in total. The summed E-state index contributed by atoms with van der Waals surface area (Å²) in [4.78, 5) is 15.3. The van der Waals surface area contributed by atoms with E-state index in [1.807, 2.05) is 6.92 Å². The number of carbonyl (C=O) groups excluding carboxylic acids is 1. The summed E-state index contributed by atoms with van der Waals surface area (Å²) in [6, 6.07) is 0. The second kappa shape index (κ2) is 5.30. The summed E-state index contributed by atoms with van der Waals surface area (Å²) < 4.78 is 9.88. The second-order valence-electron chi connectivity index (χ2n) is 2.63. The largest absolute Gasteiger partial charge is 0.461 e. The minimum atomic E-state index is -0.679. The van der Waals surface area contributed by atoms with Gasteiger partial charge in [0.15, 0.2) is 11.5 Å². The molecule has 0 bridgehead atoms. The van der Waals surface area contributed by atoms with Crippen LogP contribution in [0.3, 0.4) is 0 Å². The van der Waals surface area contributed by atoms with Crippen molar-refractivity contribution >= 4 is 17.5 Å². The van der Waals surface area contributed by atoms with Gasteiger partial charge in [0.05, 0.1) is 6.61 Å². The van der Waals surface area contributed by atoms with Crippen molar-refractivity contribution in [2.45, 2.75) is 20.2 Å². The molecule has 7 heteroatoms. The van der Waals surface area contributed by atoms with Gasteiger partial charge in [0.25, 0.3) is 0 Å². The maximum absolute atomic E-state index is 11.4. The van der Waals surface area contributed by atoms with E-state index in [2.05, 4.69) is 15.5 Å². The van der Waals surface area contributed by atoms with Crippen LogP contribution in [0.25, 0.3) is 0 Å². The maximum Gasteiger partial charge on any atom is 0.360 e. The molecule has 1 unspecified atom stereocenters. The van der Waals surface area contributed by atoms with Crippen molar-refractivity contribution < 1.29 is 14.3 Å². The molecule has 0 aromatic carbocycles. The highest BCUT2D eigenvalue weighted by Crippen LogP contribution is 1.99. The Morgan fingerprint density at radius 1 is 1.53 bits per heavy atom. The van der Waals surface area contributed by atoms with E-state index < -0.39 is 12.3 Å². The molecule has 1 aliphatic rings. The van der Waals surface area contributed by atoms with Gasteiger partial charge in [-0.25, -0.2) is 9.79 Å². The topological polar surface area (TPSA) is 98.3 Å². The molecule has 0 saturated carbocycles. The number of ether oxygens (including phenoxy) is 2. The summed E-state index contributed by atoms with van der Waals surface area (Å²) >= 11 is 0. The van der Waals surface area contributed by atoms with Gasteiger partial charge in [-0.1, -0.05) is 0 Å². The fraction of sp³-hybridized carbons (Fsp3) is 0.625. The second-order valence-corrected chi connectivity index (χ2v) is 2.63. The number of hydrogen-bond donors (Lipinski definition) is 2. The molecule has 15 heavy (non-hydrogen) atoms. The van der Waals surface area contributed by atoms with E-state index >= 15 is 0 Å². The third kappa shape index (κ3) is 2.91. The highest BCUT2D eigenvalue weighted by molar-refractivity contribution is 6.65. The smallest absolute Gasteiger partial charge is 0.360 e. The summed E-state index contributed by atoms with van der Waals surface area (Å²) in [5.41, 5.74) is 8.01. The molecule has 3 N–H and O–H groups in total. The lowest BCUT2D eigenvalue weighted by Crippen LogP contribution is -2.42. The Morgan fingerprint density at radius 3 is 2.87 bits per heavy atom. The third-order valence-electron chi connectivity index (χ3n) is 1.58. The summed E-state index contributed by atoms with van der Waals surface area (Å²) in [5.74, 6) is -0.589. The minimum absolute atomic E-state index is 0.00408. The zero-order chi connectivity index (χ0) is 11.3. The lowest BCUT2D eigenvalue weighted by Gasteiger charge is -2.18. The highest BCUT2D eigenvalue weighted by atomic mass is 16.5. The highest BCUT2D eigenvalue weighted by Gasteiger charge is 2.23. The molecule has 0 fully saturated rings. The van der Waals surface area contributed by atoms with Crippen LogP contribution >= 0.6 is 0 Å². The number of carbonyl (C=O) groups is 1. The van der Waals surface area contributed by atoms with Crippen LogP contribution in [0.15, 0.2) is 10.1 Å². The number of aliphatic imine (C=N–C) groups is 1. The van der Waals surface area contributed by atoms with Crippen LogP contribution in [0, 0.1) is 0 Å². The van der Waals surface area contributed by atoms with Crippen LogP contribution in [0.4, 0.5) is 0 Å². The molecule has 0 radical (unpaired) electrons. The number of nitrogens with one attached hydrogen (secondary N) is 1. The van der Waals surface area contributed by atoms with Gasteiger partial charge in [-0.15, -0.1) is 0 Å². The Kier molecular flexibility index (Phi) is 4.04. The van der Waals surface area contributed by atoms with Crippen molar-refractivity contribution in [3.8, 4) is 0 Å². The van der Waals surface area contributed by atoms with Gasteiger partial charge in [0, 0.05) is 6.61 Å². The van der Waals surface area contributed by atoms with Crippen LogP contribution in [0.2, 0.25) is 0 Å². The first-order valence-corrected chi connectivity index (χ1v) is 4.64. The number of rotatable bonds is 4. The average molecular weight is 214 g/mol. The Labute approximate surface area is 87.3 Å². The van der Waals surface area contributed by atoms with Gasteiger partial charge >= 0.3 is 5.97 Å². The lowest BCUT2D eigenvalue weighted by molar-refractivity contribution is -0.135. The summed E-state index contributed by atoms with van der Waals surface area (Å²) in [7, 11) is 0. The van der Waals surface area contributed by atoms with Crippen LogP contribution < -0.4 is 11.2 Å². The Balaban J connectivity index is 2.73. The van der Waals surface area contributed by atoms with E-state index in [1.54, 1.807) is 6.92 Å². The molecule has 0 spiro atoms. The van der Waals surface area contributed by atoms with E-state index in [4.69, 9.17) is 15.2 Å². The van der Waals surface area contributed by atoms with Crippen LogP contribution in [0.5, 0.6) is 0 Å². The standard InChI is InChI=1S/C8H14N4O3/c1-3-14-7(13)5-6(9)11-12-8(10-5)15-4-2/h8,12H,3-4H2,1-2H3,(H2,9,11). The van der Waals surface area contributed by atoms with Gasteiger partial charge in [-0.2, -0.15) is 5.10 Å². The molecule has 0 aliphatic carbocycles. The molecule has 0 saturated heterocycles. The van der Waals surface area contributed by atoms with E-state index in [1.165, 1.54) is 0 Å². The Morgan fingerprint density at radius 2 is 2.27 bits per heavy atom. The maximum atomic E-state index is 11.4. The molecular weight excluding hydrogens is 200 g/mol. The summed E-state index contributed by atoms with van der Waals surface area (Å²) in [5, 5.41) is 3.70. The normalized spacial score (nSPS) is 20.0. The van der Waals surface area contributed by atoms with Gasteiger partial charge < -0.3 is 15.2 Å². The molecular formula is C8H14N4O3. The molecule has 0 amide bonds. The Hall–Kier alpha value is -1.63. The molecule has 0 aromatic rings. The number of hydrogen-bond acceptors (Lipinski definition) is 7. The first-order chi connectivity index (χ1) is 7.19. The van der Waals surface area contributed by atoms with Gasteiger partial charge in [0.1, 0.15) is 0 Å². The van der Waals surface area contributed by atoms with Gasteiger partial charge in [-0.3, -0.25) is 5.43 Å². The predicted molar refractivity (Wildman–Crippen MR) is 54.2 cm³/mol. The summed E-state index contributed by atoms with van der Waals surface area (Å²) in [6.07, 6.45) is -0.679. The van der Waals surface area contributed by atoms with Crippen molar-refractivity contribution in [1.82, 2.24) is 5.43 Å². The molecule has 84 valence electrons. The quantitative estimate of drug-likeness (QED) is 0.596. The average Bonchev–Trinajstić information content (AvgIpc) is 2.21. The molecule has 1 aliphatic heterocycles. The number of nitrogens with two attached hydrogens (primary N) is 1. The van der Waals surface area contributed by atoms with Crippen LogP contribution in [-0.2, 0) is 14.3 Å². The zero-order valence-corrected chi connectivity index (χ0v) is 8.69. The molecule has 0 aromatic heterocycles. The van der Waals surface area contributed by atoms with Gasteiger partial charge in [0.2, 0.25) is 6.35 Å². The van der Waals surface area contributed by atoms with Crippen molar-refractivity contribution in [2.75, 3.05) is 13.2 Å². The van der Waals surface area contributed by atoms with Crippen LogP contribution in [-0.4, -0.2) is 37.1 Å². The lowest BCUT2D eigenvalue weighted by atomic mass is 10.3. The van der Waals surface area contributed by atoms with Crippen molar-refractivity contribution in [3.63, 3.8) is 0 Å². The van der Waals surface area contributed by atoms with Crippen molar-refractivity contribution in [1.29, 1.82) is 0 Å². The third-order valence-corrected chi connectivity index (χ3v) is 1.58. The predicted octanol–water partition coefficient (Wildman–Crippen LogP) is -0.814. The number of nitrogens with zero attached hydrogens (tertiary/aromatic N) is 2. The summed E-state index contributed by atoms with van der Waals surface area (Å²) in [6.45, 7) is 4.22. The van der Waals surface area contributed by atoms with E-state index in [0.717, 1.165) is 0 Å². The molecule has 1 atom stereocenters. The molecule has 1 heterocycles. The van der Waals surface area contributed by atoms with Crippen LogP contribution in [0.1, 0.15) is 13.8 Å². The first-order valence-electron chi connectivity index (χ1n) is 4.64. The number of amidine groups is 1. The monoisotopic (exact) mass is 214 g/mol. The number of hydrazone groups is 1. The van der Waals surface area contributed by atoms with Gasteiger partial charge in [-0.05, 0) is 13.8 Å². The molecule has 1 rings (SSSR count). The fourth-order valence-corrected chi connectivity index (χ4v) is 0.979.